The first-order valence-electron chi connectivity index (χ1n) is 8.68. The Morgan fingerprint density at radius 2 is 1.75 bits per heavy atom. The molecule has 1 aliphatic heterocycles. The van der Waals surface area contributed by atoms with E-state index in [2.05, 4.69) is 20.1 Å². The van der Waals surface area contributed by atoms with E-state index in [4.69, 9.17) is 0 Å². The van der Waals surface area contributed by atoms with Crippen molar-refractivity contribution in [2.24, 2.45) is 0 Å². The summed E-state index contributed by atoms with van der Waals surface area (Å²) in [4.78, 5) is 12.4. The molecule has 1 aromatic carbocycles. The average molecular weight is 415 g/mol. The largest absolute Gasteiger partial charge is 0.484 e. The minimum absolute atomic E-state index is 0.141. The lowest BCUT2D eigenvalue weighted by atomic mass is 10.0. The smallest absolute Gasteiger partial charge is 0.422 e. The van der Waals surface area contributed by atoms with Crippen LogP contribution in [0.25, 0.3) is 0 Å². The maximum absolute atomic E-state index is 12.4. The summed E-state index contributed by atoms with van der Waals surface area (Å²) in [5, 5.41) is 4.66. The van der Waals surface area contributed by atoms with E-state index in [1.54, 1.807) is 0 Å². The first-order valence-corrected chi connectivity index (χ1v) is 8.68. The van der Waals surface area contributed by atoms with Gasteiger partial charge in [0, 0.05) is 6.42 Å². The summed E-state index contributed by atoms with van der Waals surface area (Å²) in [5.74, 6) is -1.43. The molecule has 158 valence electrons. The third-order valence-electron chi connectivity index (χ3n) is 4.04. The molecule has 1 aliphatic rings. The standard InChI is InChI=1S/C17H20F6N2O3/c18-16(19,20)9-27-12-4-5-14(28-10-17(21,22)23)13(7-12)15(26)25-8-11-3-1-2-6-24-11/h4-5,7,11,24H,1-3,6,8-10H2,(H,25,26)/p+1. The van der Waals surface area contributed by atoms with Crippen molar-refractivity contribution in [1.82, 2.24) is 5.32 Å². The molecule has 0 spiro atoms. The zero-order valence-electron chi connectivity index (χ0n) is 14.8. The van der Waals surface area contributed by atoms with Gasteiger partial charge in [0.05, 0.1) is 18.7 Å². The summed E-state index contributed by atoms with van der Waals surface area (Å²) in [7, 11) is 0. The van der Waals surface area contributed by atoms with Crippen LogP contribution in [0.15, 0.2) is 18.2 Å². The second kappa shape index (κ2) is 9.35. The minimum atomic E-state index is -4.63. The fourth-order valence-corrected chi connectivity index (χ4v) is 2.75. The molecule has 1 saturated heterocycles. The number of nitrogens with two attached hydrogens (primary N) is 1. The number of alkyl halides is 6. The molecule has 1 amide bonds. The summed E-state index contributed by atoms with van der Waals surface area (Å²) in [6, 6.07) is 3.08. The molecular formula is C17H21F6N2O3+. The Bertz CT molecular complexity index is 657. The van der Waals surface area contributed by atoms with Crippen LogP contribution in [0.2, 0.25) is 0 Å². The molecule has 0 bridgehead atoms. The number of hydrogen-bond donors (Lipinski definition) is 2. The van der Waals surface area contributed by atoms with Gasteiger partial charge in [0.15, 0.2) is 13.2 Å². The van der Waals surface area contributed by atoms with Gasteiger partial charge in [-0.1, -0.05) is 0 Å². The number of benzene rings is 1. The highest BCUT2D eigenvalue weighted by Crippen LogP contribution is 2.27. The highest BCUT2D eigenvalue weighted by molar-refractivity contribution is 5.97. The second-order valence-electron chi connectivity index (χ2n) is 6.46. The maximum Gasteiger partial charge on any atom is 0.422 e. The molecule has 0 saturated carbocycles. The summed E-state index contributed by atoms with van der Waals surface area (Å²) >= 11 is 0. The van der Waals surface area contributed by atoms with Crippen LogP contribution in [-0.2, 0) is 0 Å². The van der Waals surface area contributed by atoms with Gasteiger partial charge in [0.1, 0.15) is 17.5 Å². The van der Waals surface area contributed by atoms with Crippen molar-refractivity contribution >= 4 is 5.91 Å². The second-order valence-corrected chi connectivity index (χ2v) is 6.46. The molecule has 0 aromatic heterocycles. The third-order valence-corrected chi connectivity index (χ3v) is 4.04. The van der Waals surface area contributed by atoms with Crippen LogP contribution >= 0.6 is 0 Å². The predicted octanol–water partition coefficient (Wildman–Crippen LogP) is 2.41. The van der Waals surface area contributed by atoms with Crippen molar-refractivity contribution in [1.29, 1.82) is 0 Å². The monoisotopic (exact) mass is 415 g/mol. The van der Waals surface area contributed by atoms with E-state index >= 15 is 0 Å². The van der Waals surface area contributed by atoms with Crippen LogP contribution in [0, 0.1) is 0 Å². The van der Waals surface area contributed by atoms with E-state index < -0.39 is 31.5 Å². The zero-order chi connectivity index (χ0) is 20.8. The van der Waals surface area contributed by atoms with E-state index in [0.29, 0.717) is 0 Å². The van der Waals surface area contributed by atoms with E-state index in [0.717, 1.165) is 44.0 Å². The molecule has 11 heteroatoms. The molecule has 1 atom stereocenters. The molecule has 1 heterocycles. The first kappa shape index (κ1) is 22.1. The third kappa shape index (κ3) is 7.83. The van der Waals surface area contributed by atoms with Crippen LogP contribution in [0.3, 0.4) is 0 Å². The van der Waals surface area contributed by atoms with Gasteiger partial charge in [-0.2, -0.15) is 26.3 Å². The predicted molar refractivity (Wildman–Crippen MR) is 86.3 cm³/mol. The lowest BCUT2D eigenvalue weighted by molar-refractivity contribution is -0.695. The van der Waals surface area contributed by atoms with E-state index in [9.17, 15) is 31.1 Å². The number of carbonyl (C=O) groups is 1. The van der Waals surface area contributed by atoms with Crippen molar-refractivity contribution < 1.29 is 45.9 Å². The molecule has 3 N–H and O–H groups in total. The van der Waals surface area contributed by atoms with Gasteiger partial charge in [-0.25, -0.2) is 0 Å². The van der Waals surface area contributed by atoms with Crippen molar-refractivity contribution in [3.8, 4) is 11.5 Å². The van der Waals surface area contributed by atoms with Gasteiger partial charge in [0.2, 0.25) is 0 Å². The van der Waals surface area contributed by atoms with E-state index in [1.807, 2.05) is 0 Å². The number of quaternary nitrogens is 1. The number of carbonyl (C=O) groups excluding carboxylic acids is 1. The Hall–Kier alpha value is -2.17. The molecule has 0 radical (unpaired) electrons. The Kier molecular flexibility index (Phi) is 7.39. The number of ether oxygens (including phenoxy) is 2. The molecular weight excluding hydrogens is 394 g/mol. The Balaban J connectivity index is 2.11. The highest BCUT2D eigenvalue weighted by atomic mass is 19.4. The summed E-state index contributed by atoms with van der Waals surface area (Å²) in [6.07, 6.45) is -6.26. The van der Waals surface area contributed by atoms with Crippen LogP contribution in [-0.4, -0.2) is 50.6 Å². The number of piperidine rings is 1. The van der Waals surface area contributed by atoms with Crippen molar-refractivity contribution in [3.63, 3.8) is 0 Å². The van der Waals surface area contributed by atoms with E-state index in [1.165, 1.54) is 0 Å². The summed E-state index contributed by atoms with van der Waals surface area (Å²) < 4.78 is 83.4. The highest BCUT2D eigenvalue weighted by Gasteiger charge is 2.30. The lowest BCUT2D eigenvalue weighted by Gasteiger charge is -2.21. The molecule has 28 heavy (non-hydrogen) atoms. The van der Waals surface area contributed by atoms with Crippen LogP contribution in [0.1, 0.15) is 29.6 Å². The number of rotatable bonds is 7. The Morgan fingerprint density at radius 3 is 2.36 bits per heavy atom. The minimum Gasteiger partial charge on any atom is -0.484 e. The van der Waals surface area contributed by atoms with Gasteiger partial charge >= 0.3 is 12.4 Å². The number of nitrogens with one attached hydrogen (secondary N) is 1. The topological polar surface area (TPSA) is 64.2 Å². The van der Waals surface area contributed by atoms with Gasteiger partial charge in [-0.05, 0) is 31.0 Å². The molecule has 2 rings (SSSR count). The first-order chi connectivity index (χ1) is 13.0. The van der Waals surface area contributed by atoms with Gasteiger partial charge < -0.3 is 20.1 Å². The Morgan fingerprint density at radius 1 is 1.07 bits per heavy atom. The maximum atomic E-state index is 12.4. The normalized spacial score (nSPS) is 17.9. The number of amides is 1. The fourth-order valence-electron chi connectivity index (χ4n) is 2.75. The zero-order valence-corrected chi connectivity index (χ0v) is 14.8. The van der Waals surface area contributed by atoms with Crippen LogP contribution < -0.4 is 20.1 Å². The molecule has 0 aliphatic carbocycles. The van der Waals surface area contributed by atoms with E-state index in [-0.39, 0.29) is 29.6 Å². The SMILES string of the molecule is O=C(NCC1CCCC[NH2+]1)c1cc(OCC(F)(F)F)ccc1OCC(F)(F)F. The summed E-state index contributed by atoms with van der Waals surface area (Å²) in [6.45, 7) is -2.02. The number of halogens is 6. The van der Waals surface area contributed by atoms with Crippen LogP contribution in [0.5, 0.6) is 11.5 Å². The Labute approximate surface area is 157 Å². The number of hydrogen-bond acceptors (Lipinski definition) is 3. The quantitative estimate of drug-likeness (QED) is 0.673. The van der Waals surface area contributed by atoms with Gasteiger partial charge in [-0.15, -0.1) is 0 Å². The van der Waals surface area contributed by atoms with Gasteiger partial charge in [-0.3, -0.25) is 4.79 Å². The van der Waals surface area contributed by atoms with Crippen molar-refractivity contribution in [2.45, 2.75) is 37.7 Å². The molecule has 1 aromatic rings. The van der Waals surface area contributed by atoms with Crippen LogP contribution in [0.4, 0.5) is 26.3 Å². The fraction of sp³-hybridized carbons (Fsp3) is 0.588. The summed E-state index contributed by atoms with van der Waals surface area (Å²) in [5.41, 5.74) is -0.320. The molecule has 1 unspecified atom stereocenters. The van der Waals surface area contributed by atoms with Crippen molar-refractivity contribution in [3.05, 3.63) is 23.8 Å². The van der Waals surface area contributed by atoms with Gasteiger partial charge in [0.25, 0.3) is 5.91 Å². The van der Waals surface area contributed by atoms with Crippen molar-refractivity contribution in [2.75, 3.05) is 26.3 Å². The average Bonchev–Trinajstić information content (AvgIpc) is 2.62. The lowest BCUT2D eigenvalue weighted by Crippen LogP contribution is -2.92. The molecule has 5 nitrogen and oxygen atoms in total. The molecule has 1 fully saturated rings.